The number of hydrogen-bond donors (Lipinski definition) is 3. The molecule has 0 saturated heterocycles. The molecule has 11 nitrogen and oxygen atoms in total. The van der Waals surface area contributed by atoms with Gasteiger partial charge in [0.25, 0.3) is 16.0 Å². The molecule has 0 radical (unpaired) electrons. The van der Waals surface area contributed by atoms with Crippen LogP contribution in [0.1, 0.15) is 35.3 Å². The van der Waals surface area contributed by atoms with E-state index >= 15 is 0 Å². The fraction of sp³-hybridized carbons (Fsp3) is 0.240. The number of carbonyl (C=O) groups is 2. The van der Waals surface area contributed by atoms with Crippen molar-refractivity contribution in [2.75, 3.05) is 16.9 Å². The van der Waals surface area contributed by atoms with Crippen molar-refractivity contribution in [1.82, 2.24) is 15.3 Å². The largest absolute Gasteiger partial charge is 0.352 e. The van der Waals surface area contributed by atoms with Gasteiger partial charge in [0.2, 0.25) is 5.91 Å². The Morgan fingerprint density at radius 1 is 1.08 bits per heavy atom. The summed E-state index contributed by atoms with van der Waals surface area (Å²) < 4.78 is 32.7. The summed E-state index contributed by atoms with van der Waals surface area (Å²) in [6, 6.07) is 9.11. The monoisotopic (exact) mass is 588 g/mol. The van der Waals surface area contributed by atoms with E-state index in [1.807, 2.05) is 0 Å². The predicted octanol–water partition coefficient (Wildman–Crippen LogP) is 3.79. The quantitative estimate of drug-likeness (QED) is 0.336. The standard InChI is InChI=1S/C25H22Cl2N6O5S/c26-15-5-6-19(17(10-15)24(34)30-13-14-3-4-14)31-25(35)22-12-21(20-11-16(7-9-28-20)39(36,37)38)32-33(22)23-18(27)2-1-8-29-23/h1-2,5-11,14,22H,3-4,12-13H2,(H,30,34)(H,31,35)(H,36,37,38). The first-order valence-electron chi connectivity index (χ1n) is 11.9. The molecule has 1 unspecified atom stereocenters. The molecule has 0 bridgehead atoms. The zero-order valence-corrected chi connectivity index (χ0v) is 22.5. The van der Waals surface area contributed by atoms with Gasteiger partial charge in [0, 0.05) is 30.4 Å². The molecule has 3 heterocycles. The van der Waals surface area contributed by atoms with Crippen LogP contribution in [0, 0.1) is 5.92 Å². The van der Waals surface area contributed by atoms with Gasteiger partial charge in [-0.2, -0.15) is 13.5 Å². The number of pyridine rings is 2. The second kappa shape index (κ2) is 10.9. The molecule has 202 valence electrons. The van der Waals surface area contributed by atoms with Crippen molar-refractivity contribution in [3.05, 3.63) is 76.2 Å². The molecule has 1 aromatic carbocycles. The van der Waals surface area contributed by atoms with E-state index in [9.17, 15) is 22.6 Å². The van der Waals surface area contributed by atoms with E-state index in [-0.39, 0.29) is 50.7 Å². The molecule has 1 atom stereocenters. The molecule has 3 aromatic rings. The van der Waals surface area contributed by atoms with Gasteiger partial charge in [-0.05, 0) is 61.2 Å². The normalized spacial score (nSPS) is 17.1. The zero-order valence-electron chi connectivity index (χ0n) is 20.2. The van der Waals surface area contributed by atoms with E-state index in [1.54, 1.807) is 18.2 Å². The minimum atomic E-state index is -4.49. The summed E-state index contributed by atoms with van der Waals surface area (Å²) in [5.41, 5.74) is 0.871. The number of carbonyl (C=O) groups excluding carboxylic acids is 2. The van der Waals surface area contributed by atoms with Crippen LogP contribution in [-0.4, -0.2) is 53.1 Å². The van der Waals surface area contributed by atoms with Crippen LogP contribution in [0.4, 0.5) is 11.5 Å². The number of aromatic nitrogens is 2. The van der Waals surface area contributed by atoms with Crippen LogP contribution in [0.25, 0.3) is 0 Å². The van der Waals surface area contributed by atoms with Gasteiger partial charge in [-0.1, -0.05) is 23.2 Å². The van der Waals surface area contributed by atoms with Crippen LogP contribution in [-0.2, 0) is 14.9 Å². The molecule has 1 aliphatic heterocycles. The van der Waals surface area contributed by atoms with Gasteiger partial charge in [-0.15, -0.1) is 0 Å². The second-order valence-electron chi connectivity index (χ2n) is 9.10. The van der Waals surface area contributed by atoms with Crippen molar-refractivity contribution in [2.24, 2.45) is 11.0 Å². The van der Waals surface area contributed by atoms with Gasteiger partial charge in [0.15, 0.2) is 5.82 Å². The lowest BCUT2D eigenvalue weighted by Gasteiger charge is -2.23. The maximum Gasteiger partial charge on any atom is 0.294 e. The number of hydrazone groups is 1. The summed E-state index contributed by atoms with van der Waals surface area (Å²) >= 11 is 12.5. The lowest BCUT2D eigenvalue weighted by molar-refractivity contribution is -0.117. The van der Waals surface area contributed by atoms with Crippen LogP contribution in [0.3, 0.4) is 0 Å². The SMILES string of the molecule is O=C(NCC1CC1)c1cc(Cl)ccc1NC(=O)C1CC(c2cc(S(=O)(=O)O)ccn2)=NN1c1ncccc1Cl. The van der Waals surface area contributed by atoms with E-state index in [1.165, 1.54) is 29.5 Å². The summed E-state index contributed by atoms with van der Waals surface area (Å²) in [5, 5.41) is 12.0. The van der Waals surface area contributed by atoms with E-state index < -0.39 is 22.1 Å². The van der Waals surface area contributed by atoms with Crippen molar-refractivity contribution in [2.45, 2.75) is 30.2 Å². The molecular formula is C25H22Cl2N6O5S. The smallest absolute Gasteiger partial charge is 0.294 e. The minimum Gasteiger partial charge on any atom is -0.352 e. The van der Waals surface area contributed by atoms with Gasteiger partial charge in [-0.3, -0.25) is 19.1 Å². The number of amides is 2. The maximum absolute atomic E-state index is 13.6. The highest BCUT2D eigenvalue weighted by molar-refractivity contribution is 7.85. The van der Waals surface area contributed by atoms with Gasteiger partial charge >= 0.3 is 0 Å². The highest BCUT2D eigenvalue weighted by atomic mass is 35.5. The lowest BCUT2D eigenvalue weighted by Crippen LogP contribution is -2.39. The number of hydrogen-bond acceptors (Lipinski definition) is 8. The third-order valence-corrected chi connectivity index (χ3v) is 7.61. The maximum atomic E-state index is 13.6. The number of rotatable bonds is 8. The highest BCUT2D eigenvalue weighted by Gasteiger charge is 2.37. The summed E-state index contributed by atoms with van der Waals surface area (Å²) in [5.74, 6) is -0.234. The number of halogens is 2. The Labute approximate surface area is 234 Å². The first kappa shape index (κ1) is 27.0. The number of benzene rings is 1. The van der Waals surface area contributed by atoms with E-state index in [0.29, 0.717) is 17.5 Å². The molecule has 1 fully saturated rings. The van der Waals surface area contributed by atoms with Gasteiger partial charge in [0.1, 0.15) is 6.04 Å². The van der Waals surface area contributed by atoms with Gasteiger partial charge < -0.3 is 10.6 Å². The molecule has 0 spiro atoms. The van der Waals surface area contributed by atoms with Crippen molar-refractivity contribution >= 4 is 62.4 Å². The molecule has 3 N–H and O–H groups in total. The third kappa shape index (κ3) is 6.19. The summed E-state index contributed by atoms with van der Waals surface area (Å²) in [6.45, 7) is 0.542. The van der Waals surface area contributed by atoms with E-state index in [2.05, 4.69) is 25.7 Å². The molecule has 1 aliphatic carbocycles. The van der Waals surface area contributed by atoms with Crippen LogP contribution in [0.15, 0.2) is 64.9 Å². The molecule has 1 saturated carbocycles. The Kier molecular flexibility index (Phi) is 7.54. The molecule has 2 amide bonds. The van der Waals surface area contributed by atoms with Crippen molar-refractivity contribution in [3.8, 4) is 0 Å². The average molecular weight is 589 g/mol. The number of anilines is 2. The Morgan fingerprint density at radius 3 is 2.59 bits per heavy atom. The Bertz CT molecular complexity index is 1600. The predicted molar refractivity (Wildman–Crippen MR) is 146 cm³/mol. The van der Waals surface area contributed by atoms with Crippen LogP contribution in [0.5, 0.6) is 0 Å². The average Bonchev–Trinajstić information content (AvgIpc) is 3.64. The molecule has 2 aromatic heterocycles. The lowest BCUT2D eigenvalue weighted by atomic mass is 10.1. The first-order chi connectivity index (χ1) is 18.6. The summed E-state index contributed by atoms with van der Waals surface area (Å²) in [7, 11) is -4.49. The molecule has 2 aliphatic rings. The Balaban J connectivity index is 1.45. The van der Waals surface area contributed by atoms with Crippen molar-refractivity contribution < 1.29 is 22.6 Å². The van der Waals surface area contributed by atoms with E-state index in [4.69, 9.17) is 23.2 Å². The highest BCUT2D eigenvalue weighted by Crippen LogP contribution is 2.32. The Morgan fingerprint density at radius 2 is 1.87 bits per heavy atom. The van der Waals surface area contributed by atoms with Crippen molar-refractivity contribution in [1.29, 1.82) is 0 Å². The van der Waals surface area contributed by atoms with Crippen LogP contribution in [0.2, 0.25) is 10.0 Å². The fourth-order valence-electron chi connectivity index (χ4n) is 4.02. The zero-order chi connectivity index (χ0) is 27.7. The second-order valence-corrected chi connectivity index (χ2v) is 11.4. The fourth-order valence-corrected chi connectivity index (χ4v) is 4.90. The minimum absolute atomic E-state index is 0.00251. The third-order valence-electron chi connectivity index (χ3n) is 6.23. The van der Waals surface area contributed by atoms with Gasteiger partial charge in [0.05, 0.1) is 32.6 Å². The summed E-state index contributed by atoms with van der Waals surface area (Å²) in [4.78, 5) is 34.6. The van der Waals surface area contributed by atoms with Crippen LogP contribution >= 0.6 is 23.2 Å². The number of nitrogens with one attached hydrogen (secondary N) is 2. The first-order valence-corrected chi connectivity index (χ1v) is 14.1. The van der Waals surface area contributed by atoms with Gasteiger partial charge in [-0.25, -0.2) is 9.99 Å². The number of nitrogens with zero attached hydrogens (tertiary/aromatic N) is 4. The molecule has 14 heteroatoms. The topological polar surface area (TPSA) is 154 Å². The van der Waals surface area contributed by atoms with Crippen LogP contribution < -0.4 is 15.6 Å². The molecule has 5 rings (SSSR count). The molecular weight excluding hydrogens is 567 g/mol. The van der Waals surface area contributed by atoms with E-state index in [0.717, 1.165) is 25.0 Å². The molecule has 39 heavy (non-hydrogen) atoms. The van der Waals surface area contributed by atoms with Crippen molar-refractivity contribution in [3.63, 3.8) is 0 Å². The summed E-state index contributed by atoms with van der Waals surface area (Å²) in [6.07, 6.45) is 4.83. The Hall–Kier alpha value is -3.58.